The van der Waals surface area contributed by atoms with Gasteiger partial charge in [-0.2, -0.15) is 0 Å². The highest BCUT2D eigenvalue weighted by molar-refractivity contribution is 5.50. The van der Waals surface area contributed by atoms with E-state index in [1.807, 2.05) is 6.07 Å². The molecule has 0 amide bonds. The van der Waals surface area contributed by atoms with Crippen molar-refractivity contribution in [3.8, 4) is 11.8 Å². The van der Waals surface area contributed by atoms with Gasteiger partial charge in [-0.1, -0.05) is 43.0 Å². The Hall–Kier alpha value is -1.94. The smallest absolute Gasteiger partial charge is 0.0457 e. The number of hydrogen-bond donors (Lipinski definition) is 1. The Morgan fingerprint density at radius 3 is 3.06 bits per heavy atom. The highest BCUT2D eigenvalue weighted by Gasteiger charge is 2.13. The highest BCUT2D eigenvalue weighted by Crippen LogP contribution is 2.23. The van der Waals surface area contributed by atoms with E-state index in [1.54, 1.807) is 0 Å². The average Bonchev–Trinajstić information content (AvgIpc) is 2.33. The van der Waals surface area contributed by atoms with Crippen LogP contribution in [0.4, 0.5) is 0 Å². The maximum atomic E-state index is 3.49. The minimum atomic E-state index is 0.597. The molecule has 84 valence electrons. The second-order valence-corrected chi connectivity index (χ2v) is 4.69. The van der Waals surface area contributed by atoms with Gasteiger partial charge in [0.15, 0.2) is 0 Å². The van der Waals surface area contributed by atoms with Crippen LogP contribution in [0.5, 0.6) is 0 Å². The van der Waals surface area contributed by atoms with E-state index in [9.17, 15) is 0 Å². The predicted molar refractivity (Wildman–Crippen MR) is 70.1 cm³/mol. The summed E-state index contributed by atoms with van der Waals surface area (Å²) < 4.78 is 0. The third-order valence-electron chi connectivity index (χ3n) is 3.28. The molecule has 1 unspecified atom stereocenters. The van der Waals surface area contributed by atoms with Crippen molar-refractivity contribution in [1.82, 2.24) is 5.32 Å². The summed E-state index contributed by atoms with van der Waals surface area (Å²) in [6, 6.07) is 8.35. The molecule has 3 rings (SSSR count). The number of fused-ring (bicyclic) bond motifs is 1. The van der Waals surface area contributed by atoms with Gasteiger partial charge in [0, 0.05) is 23.4 Å². The van der Waals surface area contributed by atoms with Gasteiger partial charge in [0.1, 0.15) is 0 Å². The molecule has 0 aromatic heterocycles. The van der Waals surface area contributed by atoms with Gasteiger partial charge in [0.2, 0.25) is 0 Å². The van der Waals surface area contributed by atoms with Crippen LogP contribution in [0.25, 0.3) is 0 Å². The summed E-state index contributed by atoms with van der Waals surface area (Å²) >= 11 is 0. The van der Waals surface area contributed by atoms with Crippen molar-refractivity contribution in [3.05, 3.63) is 58.8 Å². The molecule has 1 aromatic carbocycles. The SMILES string of the molecule is CC1C=CC2=C(C#Cc3ccccc3CN2)C1. The van der Waals surface area contributed by atoms with Crippen molar-refractivity contribution in [2.45, 2.75) is 19.9 Å². The maximum absolute atomic E-state index is 3.49. The average molecular weight is 221 g/mol. The van der Waals surface area contributed by atoms with Gasteiger partial charge in [-0.15, -0.1) is 0 Å². The van der Waals surface area contributed by atoms with E-state index in [4.69, 9.17) is 0 Å². The fourth-order valence-electron chi connectivity index (χ4n) is 2.27. The third kappa shape index (κ3) is 1.99. The van der Waals surface area contributed by atoms with Crippen LogP contribution in [-0.2, 0) is 6.54 Å². The monoisotopic (exact) mass is 221 g/mol. The normalized spacial score (nSPS) is 21.4. The number of hydrogen-bond acceptors (Lipinski definition) is 1. The second kappa shape index (κ2) is 4.14. The first-order valence-electron chi connectivity index (χ1n) is 6.08. The molecule has 1 atom stereocenters. The quantitative estimate of drug-likeness (QED) is 0.664. The standard InChI is InChI=1S/C16H15N/c1-12-6-9-16-14(10-12)8-7-13-4-2-3-5-15(13)11-17-16/h2-6,9,12,17H,10-11H2,1H3. The summed E-state index contributed by atoms with van der Waals surface area (Å²) in [4.78, 5) is 0. The zero-order chi connectivity index (χ0) is 11.7. The first-order valence-corrected chi connectivity index (χ1v) is 6.08. The van der Waals surface area contributed by atoms with Crippen LogP contribution in [-0.4, -0.2) is 0 Å². The van der Waals surface area contributed by atoms with Crippen molar-refractivity contribution < 1.29 is 0 Å². The summed E-state index contributed by atoms with van der Waals surface area (Å²) in [6.45, 7) is 3.09. The van der Waals surface area contributed by atoms with Crippen molar-refractivity contribution in [1.29, 1.82) is 0 Å². The van der Waals surface area contributed by atoms with Gasteiger partial charge in [-0.25, -0.2) is 0 Å². The second-order valence-electron chi connectivity index (χ2n) is 4.69. The van der Waals surface area contributed by atoms with E-state index < -0.39 is 0 Å². The lowest BCUT2D eigenvalue weighted by Crippen LogP contribution is -2.18. The lowest BCUT2D eigenvalue weighted by molar-refractivity contribution is 0.691. The van der Waals surface area contributed by atoms with Crippen molar-refractivity contribution in [3.63, 3.8) is 0 Å². The number of allylic oxidation sites excluding steroid dienone is 3. The Morgan fingerprint density at radius 1 is 1.24 bits per heavy atom. The molecule has 0 radical (unpaired) electrons. The fraction of sp³-hybridized carbons (Fsp3) is 0.250. The Balaban J connectivity index is 2.04. The molecule has 1 aliphatic carbocycles. The van der Waals surface area contributed by atoms with Gasteiger partial charge in [0.25, 0.3) is 0 Å². The lowest BCUT2D eigenvalue weighted by atomic mass is 9.93. The maximum Gasteiger partial charge on any atom is 0.0457 e. The number of benzene rings is 1. The van der Waals surface area contributed by atoms with Gasteiger partial charge in [-0.3, -0.25) is 0 Å². The van der Waals surface area contributed by atoms with E-state index >= 15 is 0 Å². The first kappa shape index (κ1) is 10.2. The zero-order valence-electron chi connectivity index (χ0n) is 9.96. The number of nitrogens with one attached hydrogen (secondary N) is 1. The molecule has 1 heterocycles. The molecule has 1 aliphatic heterocycles. The predicted octanol–water partition coefficient (Wildman–Crippen LogP) is 2.99. The van der Waals surface area contributed by atoms with E-state index in [2.05, 4.69) is 54.4 Å². The molecular weight excluding hydrogens is 206 g/mol. The van der Waals surface area contributed by atoms with E-state index in [0.29, 0.717) is 5.92 Å². The molecular formula is C16H15N. The van der Waals surface area contributed by atoms with Gasteiger partial charge >= 0.3 is 0 Å². The minimum absolute atomic E-state index is 0.597. The van der Waals surface area contributed by atoms with Gasteiger partial charge in [-0.05, 0) is 30.0 Å². The van der Waals surface area contributed by atoms with Crippen molar-refractivity contribution >= 4 is 0 Å². The van der Waals surface area contributed by atoms with Crippen LogP contribution < -0.4 is 5.32 Å². The van der Waals surface area contributed by atoms with Crippen LogP contribution >= 0.6 is 0 Å². The van der Waals surface area contributed by atoms with Gasteiger partial charge in [0.05, 0.1) is 0 Å². The number of rotatable bonds is 0. The van der Waals surface area contributed by atoms with Crippen LogP contribution in [0.2, 0.25) is 0 Å². The van der Waals surface area contributed by atoms with Crippen LogP contribution in [0.1, 0.15) is 24.5 Å². The molecule has 1 N–H and O–H groups in total. The summed E-state index contributed by atoms with van der Waals surface area (Å²) in [6.07, 6.45) is 5.47. The molecule has 1 aromatic rings. The van der Waals surface area contributed by atoms with Crippen LogP contribution in [0.3, 0.4) is 0 Å². The third-order valence-corrected chi connectivity index (χ3v) is 3.28. The molecule has 0 fully saturated rings. The first-order chi connectivity index (χ1) is 8.33. The molecule has 1 nitrogen and oxygen atoms in total. The van der Waals surface area contributed by atoms with E-state index in [-0.39, 0.29) is 0 Å². The summed E-state index contributed by atoms with van der Waals surface area (Å²) in [5.74, 6) is 7.23. The van der Waals surface area contributed by atoms with Gasteiger partial charge < -0.3 is 5.32 Å². The molecule has 0 spiro atoms. The molecule has 0 bridgehead atoms. The van der Waals surface area contributed by atoms with Crippen molar-refractivity contribution in [2.75, 3.05) is 0 Å². The van der Waals surface area contributed by atoms with Crippen LogP contribution in [0.15, 0.2) is 47.7 Å². The Labute approximate surface area is 102 Å². The fourth-order valence-corrected chi connectivity index (χ4v) is 2.27. The van der Waals surface area contributed by atoms with E-state index in [1.165, 1.54) is 16.8 Å². The van der Waals surface area contributed by atoms with Crippen molar-refractivity contribution in [2.24, 2.45) is 5.92 Å². The Bertz CT molecular complexity index is 567. The molecule has 2 aliphatic rings. The summed E-state index contributed by atoms with van der Waals surface area (Å²) in [5, 5.41) is 3.49. The topological polar surface area (TPSA) is 12.0 Å². The minimum Gasteiger partial charge on any atom is -0.380 e. The molecule has 0 saturated carbocycles. The highest BCUT2D eigenvalue weighted by atomic mass is 14.9. The summed E-state index contributed by atoms with van der Waals surface area (Å²) in [5.41, 5.74) is 4.87. The lowest BCUT2D eigenvalue weighted by Gasteiger charge is -2.19. The largest absolute Gasteiger partial charge is 0.380 e. The molecule has 0 saturated heterocycles. The molecule has 1 heteroatoms. The molecule has 17 heavy (non-hydrogen) atoms. The van der Waals surface area contributed by atoms with E-state index in [0.717, 1.165) is 18.5 Å². The summed E-state index contributed by atoms with van der Waals surface area (Å²) in [7, 11) is 0. The Kier molecular flexibility index (Phi) is 2.49. The van der Waals surface area contributed by atoms with Crippen LogP contribution in [0, 0.1) is 17.8 Å². The Morgan fingerprint density at radius 2 is 2.12 bits per heavy atom. The zero-order valence-corrected chi connectivity index (χ0v) is 9.96.